The Balaban J connectivity index is 1.90. The van der Waals surface area contributed by atoms with Crippen LogP contribution in [0, 0.1) is 0 Å². The third-order valence-electron chi connectivity index (χ3n) is 4.52. The van der Waals surface area contributed by atoms with Gasteiger partial charge in [-0.15, -0.1) is 0 Å². The van der Waals surface area contributed by atoms with Crippen LogP contribution in [0.25, 0.3) is 11.0 Å². The molecule has 2 N–H and O–H groups in total. The normalized spacial score (nSPS) is 19.3. The fourth-order valence-electron chi connectivity index (χ4n) is 2.86. The number of benzene rings is 1. The van der Waals surface area contributed by atoms with Gasteiger partial charge >= 0.3 is 0 Å². The Bertz CT molecular complexity index is 922. The number of aromatic hydroxyl groups is 1. The Morgan fingerprint density at radius 1 is 1.38 bits per heavy atom. The van der Waals surface area contributed by atoms with Crippen LogP contribution in [0.5, 0.6) is 5.75 Å². The molecule has 1 aromatic carbocycles. The third kappa shape index (κ3) is 2.95. The Kier molecular flexibility index (Phi) is 4.00. The van der Waals surface area contributed by atoms with Crippen molar-refractivity contribution in [3.8, 4) is 5.75 Å². The number of carbonyl (C=O) groups is 1. The number of rotatable bonds is 2. The quantitative estimate of drug-likeness (QED) is 0.835. The maximum atomic E-state index is 12.6. The molecule has 2 heterocycles. The van der Waals surface area contributed by atoms with E-state index < -0.39 is 21.3 Å². The van der Waals surface area contributed by atoms with Crippen LogP contribution >= 0.6 is 11.6 Å². The Morgan fingerprint density at radius 2 is 2.00 bits per heavy atom. The van der Waals surface area contributed by atoms with E-state index in [1.807, 2.05) is 6.92 Å². The van der Waals surface area contributed by atoms with Gasteiger partial charge in [0.05, 0.1) is 17.0 Å². The zero-order valence-electron chi connectivity index (χ0n) is 13.3. The topological polar surface area (TPSA) is 101 Å². The average Bonchev–Trinajstić information content (AvgIpc) is 2.85. The molecule has 7 nitrogen and oxygen atoms in total. The largest absolute Gasteiger partial charge is 0.506 e. The first-order chi connectivity index (χ1) is 11.1. The highest BCUT2D eigenvalue weighted by atomic mass is 35.5. The van der Waals surface area contributed by atoms with Gasteiger partial charge in [-0.1, -0.05) is 11.6 Å². The maximum Gasteiger partial charge on any atom is 0.287 e. The molecule has 1 aromatic heterocycles. The summed E-state index contributed by atoms with van der Waals surface area (Å²) in [5.74, 6) is -0.213. The Morgan fingerprint density at radius 3 is 2.62 bits per heavy atom. The minimum absolute atomic E-state index is 0.0615. The number of imidazole rings is 1. The number of phenolic OH excluding ortho intramolecular Hbond substituents is 1. The van der Waals surface area contributed by atoms with E-state index in [1.54, 1.807) is 17.7 Å². The molecule has 0 unspecified atom stereocenters. The van der Waals surface area contributed by atoms with Crippen LogP contribution in [-0.2, 0) is 16.9 Å². The Labute approximate surface area is 144 Å². The summed E-state index contributed by atoms with van der Waals surface area (Å²) < 4.78 is 24.7. The fourth-order valence-corrected chi connectivity index (χ4v) is 4.79. The molecule has 0 bridgehead atoms. The molecule has 3 rings (SSSR count). The summed E-state index contributed by atoms with van der Waals surface area (Å²) in [6.45, 7) is 1.83. The number of halogens is 1. The van der Waals surface area contributed by atoms with Crippen LogP contribution in [0.2, 0.25) is 5.02 Å². The average molecular weight is 372 g/mol. The molecule has 0 radical (unpaired) electrons. The number of aromatic nitrogens is 2. The van der Waals surface area contributed by atoms with Crippen LogP contribution < -0.4 is 5.32 Å². The minimum Gasteiger partial charge on any atom is -0.506 e. The fraction of sp³-hybridized carbons (Fsp3) is 0.467. The van der Waals surface area contributed by atoms with Crippen LogP contribution in [0.3, 0.4) is 0 Å². The lowest BCUT2D eigenvalue weighted by Crippen LogP contribution is -2.51. The van der Waals surface area contributed by atoms with Gasteiger partial charge in [0.1, 0.15) is 26.1 Å². The van der Waals surface area contributed by atoms with Gasteiger partial charge in [-0.05, 0) is 31.9 Å². The van der Waals surface area contributed by atoms with Crippen molar-refractivity contribution in [2.24, 2.45) is 7.05 Å². The second-order valence-corrected chi connectivity index (χ2v) is 9.11. The number of aryl methyl sites for hydroxylation is 1. The number of amides is 1. The van der Waals surface area contributed by atoms with E-state index >= 15 is 0 Å². The SMILES string of the molecule is Cn1c(C(=O)NC2(C)CCS(=O)(=O)CC2)nc2c(Cl)c(O)ccc21. The molecule has 0 saturated carbocycles. The summed E-state index contributed by atoms with van der Waals surface area (Å²) in [5.41, 5.74) is 0.381. The highest BCUT2D eigenvalue weighted by Gasteiger charge is 2.35. The number of phenols is 1. The summed E-state index contributed by atoms with van der Waals surface area (Å²) in [6.07, 6.45) is 0.735. The van der Waals surface area contributed by atoms with E-state index in [0.717, 1.165) is 0 Å². The molecule has 2 aromatic rings. The molecule has 24 heavy (non-hydrogen) atoms. The van der Waals surface area contributed by atoms with Gasteiger partial charge in [0.25, 0.3) is 5.91 Å². The highest BCUT2D eigenvalue weighted by molar-refractivity contribution is 7.91. The monoisotopic (exact) mass is 371 g/mol. The second kappa shape index (κ2) is 5.63. The van der Waals surface area contributed by atoms with Crippen molar-refractivity contribution in [1.82, 2.24) is 14.9 Å². The third-order valence-corrected chi connectivity index (χ3v) is 6.54. The van der Waals surface area contributed by atoms with Crippen molar-refractivity contribution >= 4 is 38.4 Å². The zero-order valence-corrected chi connectivity index (χ0v) is 14.9. The summed E-state index contributed by atoms with van der Waals surface area (Å²) in [7, 11) is -1.32. The van der Waals surface area contributed by atoms with E-state index in [4.69, 9.17) is 11.6 Å². The lowest BCUT2D eigenvalue weighted by Gasteiger charge is -2.34. The van der Waals surface area contributed by atoms with Crippen molar-refractivity contribution in [2.75, 3.05) is 11.5 Å². The number of fused-ring (bicyclic) bond motifs is 1. The van der Waals surface area contributed by atoms with Crippen LogP contribution in [0.1, 0.15) is 30.4 Å². The van der Waals surface area contributed by atoms with Crippen molar-refractivity contribution < 1.29 is 18.3 Å². The van der Waals surface area contributed by atoms with Crippen LogP contribution in [0.4, 0.5) is 0 Å². The van der Waals surface area contributed by atoms with Gasteiger partial charge in [0.15, 0.2) is 5.82 Å². The minimum atomic E-state index is -3.01. The molecular formula is C15H18ClN3O4S. The summed E-state index contributed by atoms with van der Waals surface area (Å²) in [4.78, 5) is 16.9. The Hall–Kier alpha value is -1.80. The molecular weight excluding hydrogens is 354 g/mol. The molecule has 1 aliphatic rings. The van der Waals surface area contributed by atoms with Crippen molar-refractivity contribution in [2.45, 2.75) is 25.3 Å². The molecule has 130 valence electrons. The van der Waals surface area contributed by atoms with Crippen molar-refractivity contribution in [3.05, 3.63) is 23.0 Å². The first-order valence-electron chi connectivity index (χ1n) is 7.49. The molecule has 1 aliphatic heterocycles. The molecule has 0 aliphatic carbocycles. The van der Waals surface area contributed by atoms with Crippen LogP contribution in [0.15, 0.2) is 12.1 Å². The smallest absolute Gasteiger partial charge is 0.287 e. The van der Waals surface area contributed by atoms with Gasteiger partial charge < -0.3 is 15.0 Å². The highest BCUT2D eigenvalue weighted by Crippen LogP contribution is 2.31. The second-order valence-electron chi connectivity index (χ2n) is 6.43. The van der Waals surface area contributed by atoms with E-state index in [2.05, 4.69) is 10.3 Å². The molecule has 1 saturated heterocycles. The molecule has 1 amide bonds. The zero-order chi connectivity index (χ0) is 17.7. The summed E-state index contributed by atoms with van der Waals surface area (Å²) >= 11 is 6.04. The van der Waals surface area contributed by atoms with E-state index in [0.29, 0.717) is 23.9 Å². The standard InChI is InChI=1S/C15H18ClN3O4S/c1-15(5-7-24(22,23)8-6-15)18-14(21)13-17-12-9(19(13)2)3-4-10(20)11(12)16/h3-4,20H,5-8H2,1-2H3,(H,18,21). The number of nitrogens with zero attached hydrogens (tertiary/aromatic N) is 2. The van der Waals surface area contributed by atoms with Gasteiger partial charge in [-0.3, -0.25) is 4.79 Å². The first-order valence-corrected chi connectivity index (χ1v) is 9.69. The predicted octanol–water partition coefficient (Wildman–Crippen LogP) is 1.63. The van der Waals surface area contributed by atoms with Gasteiger partial charge in [0, 0.05) is 12.6 Å². The van der Waals surface area contributed by atoms with E-state index in [1.165, 1.54) is 6.07 Å². The van der Waals surface area contributed by atoms with Gasteiger partial charge in [-0.25, -0.2) is 13.4 Å². The number of hydrogen-bond acceptors (Lipinski definition) is 5. The maximum absolute atomic E-state index is 12.6. The van der Waals surface area contributed by atoms with E-state index in [9.17, 15) is 18.3 Å². The summed E-state index contributed by atoms with van der Waals surface area (Å²) in [5, 5.41) is 12.7. The number of sulfone groups is 1. The molecule has 0 spiro atoms. The van der Waals surface area contributed by atoms with Crippen molar-refractivity contribution in [1.29, 1.82) is 0 Å². The van der Waals surface area contributed by atoms with E-state index in [-0.39, 0.29) is 28.1 Å². The summed E-state index contributed by atoms with van der Waals surface area (Å²) in [6, 6.07) is 3.08. The molecule has 0 atom stereocenters. The predicted molar refractivity (Wildman–Crippen MR) is 91.1 cm³/mol. The van der Waals surface area contributed by atoms with Crippen LogP contribution in [-0.4, -0.2) is 46.0 Å². The van der Waals surface area contributed by atoms with Gasteiger partial charge in [0.2, 0.25) is 0 Å². The molecule has 1 fully saturated rings. The number of hydrogen-bond donors (Lipinski definition) is 2. The molecule has 9 heteroatoms. The van der Waals surface area contributed by atoms with Gasteiger partial charge in [-0.2, -0.15) is 0 Å². The lowest BCUT2D eigenvalue weighted by atomic mass is 9.95. The number of carbonyl (C=O) groups excluding carboxylic acids is 1. The number of nitrogens with one attached hydrogen (secondary N) is 1. The first kappa shape index (κ1) is 17.0. The van der Waals surface area contributed by atoms with Crippen molar-refractivity contribution in [3.63, 3.8) is 0 Å². The lowest BCUT2D eigenvalue weighted by molar-refractivity contribution is 0.0886.